The third-order valence-electron chi connectivity index (χ3n) is 10.5. The molecule has 0 radical (unpaired) electrons. The smallest absolute Gasteiger partial charge is 0.354 e. The number of esters is 1. The molecule has 1 saturated heterocycles. The number of aromatic nitrogens is 1. The van der Waals surface area contributed by atoms with Gasteiger partial charge in [-0.05, 0) is 78.8 Å². The Hall–Kier alpha value is -4.30. The fourth-order valence-electron chi connectivity index (χ4n) is 7.66. The highest BCUT2D eigenvalue weighted by atomic mass is 19.1. The average molecular weight is 667 g/mol. The van der Waals surface area contributed by atoms with Crippen LogP contribution in [-0.4, -0.2) is 60.0 Å². The molecule has 1 amide bonds. The molecule has 258 valence electrons. The number of carbonyl (C=O) groups is 3. The van der Waals surface area contributed by atoms with Gasteiger partial charge in [-0.15, -0.1) is 0 Å². The van der Waals surface area contributed by atoms with Gasteiger partial charge in [-0.1, -0.05) is 73.7 Å². The summed E-state index contributed by atoms with van der Waals surface area (Å²) in [7, 11) is 0. The molecule has 1 aromatic heterocycles. The van der Waals surface area contributed by atoms with Crippen molar-refractivity contribution in [1.82, 2.24) is 9.88 Å². The summed E-state index contributed by atoms with van der Waals surface area (Å²) in [6.45, 7) is 3.44. The topological polar surface area (TPSA) is 88.7 Å². The molecule has 3 atom stereocenters. The van der Waals surface area contributed by atoms with Crippen LogP contribution >= 0.6 is 0 Å². The number of H-pyrrole nitrogens is 1. The lowest BCUT2D eigenvalue weighted by Crippen LogP contribution is -2.46. The molecule has 7 nitrogen and oxygen atoms in total. The normalized spacial score (nSPS) is 21.5. The van der Waals surface area contributed by atoms with Gasteiger partial charge in [0, 0.05) is 42.1 Å². The number of ketones is 1. The number of halogens is 1. The van der Waals surface area contributed by atoms with Crippen molar-refractivity contribution in [3.05, 3.63) is 107 Å². The molecule has 1 N–H and O–H groups in total. The van der Waals surface area contributed by atoms with Gasteiger partial charge in [0.05, 0.1) is 32.5 Å². The van der Waals surface area contributed by atoms with Gasteiger partial charge in [-0.25, -0.2) is 4.79 Å². The van der Waals surface area contributed by atoms with Crippen LogP contribution in [0.25, 0.3) is 10.9 Å². The summed E-state index contributed by atoms with van der Waals surface area (Å²) in [4.78, 5) is 45.9. The van der Waals surface area contributed by atoms with Crippen molar-refractivity contribution in [3.63, 3.8) is 0 Å². The molecule has 2 heterocycles. The Bertz CT molecular complexity index is 1700. The van der Waals surface area contributed by atoms with Crippen molar-refractivity contribution in [2.45, 2.75) is 70.4 Å². The molecule has 0 spiro atoms. The van der Waals surface area contributed by atoms with E-state index in [1.54, 1.807) is 6.07 Å². The van der Waals surface area contributed by atoms with Gasteiger partial charge >= 0.3 is 5.97 Å². The van der Waals surface area contributed by atoms with Gasteiger partial charge in [-0.3, -0.25) is 14.0 Å². The molecule has 2 aliphatic rings. The molecule has 1 saturated carbocycles. The van der Waals surface area contributed by atoms with Crippen molar-refractivity contribution in [2.75, 3.05) is 26.4 Å². The Kier molecular flexibility index (Phi) is 11.6. The Morgan fingerprint density at radius 3 is 2.35 bits per heavy atom. The maximum absolute atomic E-state index is 14.2. The highest BCUT2D eigenvalue weighted by Crippen LogP contribution is 2.39. The first kappa shape index (κ1) is 34.6. The number of aromatic amines is 1. The summed E-state index contributed by atoms with van der Waals surface area (Å²) in [6.07, 6.45) is 4.72. The first-order chi connectivity index (χ1) is 23.9. The first-order valence-corrected chi connectivity index (χ1v) is 17.8. The number of ether oxygens (including phenoxy) is 2. The summed E-state index contributed by atoms with van der Waals surface area (Å²) in [5, 5.41) is 0.821. The summed E-state index contributed by atoms with van der Waals surface area (Å²) in [5.74, 6) is -0.202. The molecule has 49 heavy (non-hydrogen) atoms. The summed E-state index contributed by atoms with van der Waals surface area (Å²) in [6, 6.07) is 26.9. The first-order valence-electron chi connectivity index (χ1n) is 17.8. The van der Waals surface area contributed by atoms with Crippen molar-refractivity contribution >= 4 is 28.6 Å². The van der Waals surface area contributed by atoms with Crippen molar-refractivity contribution in [2.24, 2.45) is 17.8 Å². The van der Waals surface area contributed by atoms with Gasteiger partial charge in [-0.2, -0.15) is 0 Å². The molecular formula is C41H47FN2O5. The fourth-order valence-corrected chi connectivity index (χ4v) is 7.66. The zero-order chi connectivity index (χ0) is 34.2. The van der Waals surface area contributed by atoms with Crippen LogP contribution in [0.3, 0.4) is 0 Å². The molecule has 1 aliphatic carbocycles. The van der Waals surface area contributed by atoms with Crippen LogP contribution in [0.15, 0.2) is 84.9 Å². The average Bonchev–Trinajstić information content (AvgIpc) is 3.78. The fraction of sp³-hybridized carbons (Fsp3) is 0.439. The molecular weight excluding hydrogens is 619 g/mol. The predicted octanol–water partition coefficient (Wildman–Crippen LogP) is 7.84. The predicted molar refractivity (Wildman–Crippen MR) is 188 cm³/mol. The van der Waals surface area contributed by atoms with E-state index >= 15 is 0 Å². The van der Waals surface area contributed by atoms with Crippen LogP contribution in [-0.2, 0) is 32.1 Å². The Balaban J connectivity index is 1.08. The van der Waals surface area contributed by atoms with E-state index in [0.29, 0.717) is 37.8 Å². The maximum Gasteiger partial charge on any atom is 0.354 e. The number of benzene rings is 3. The molecule has 3 aromatic carbocycles. The number of likely N-dealkylation sites (tertiary alicyclic amines) is 1. The molecule has 8 heteroatoms. The number of alkyl halides is 1. The highest BCUT2D eigenvalue weighted by molar-refractivity contribution is 5.96. The van der Waals surface area contributed by atoms with E-state index in [9.17, 15) is 18.8 Å². The lowest BCUT2D eigenvalue weighted by molar-refractivity contribution is -0.142. The van der Waals surface area contributed by atoms with Crippen LogP contribution in [0.2, 0.25) is 0 Å². The number of Topliss-reactive ketones (excluding diaryl/α,β-unsaturated/α-hetero) is 1. The van der Waals surface area contributed by atoms with E-state index in [0.717, 1.165) is 59.7 Å². The van der Waals surface area contributed by atoms with Crippen molar-refractivity contribution < 1.29 is 28.2 Å². The van der Waals surface area contributed by atoms with Gasteiger partial charge in [0.1, 0.15) is 5.69 Å². The van der Waals surface area contributed by atoms with E-state index in [1.165, 1.54) is 0 Å². The molecule has 0 unspecified atom stereocenters. The number of hydrogen-bond acceptors (Lipinski definition) is 5. The van der Waals surface area contributed by atoms with Gasteiger partial charge in [0.2, 0.25) is 5.91 Å². The number of amides is 1. The molecule has 4 aromatic rings. The number of carbonyl (C=O) groups excluding carboxylic acids is 3. The number of nitrogens with one attached hydrogen (secondary N) is 1. The second kappa shape index (κ2) is 16.4. The number of rotatable bonds is 14. The van der Waals surface area contributed by atoms with E-state index in [1.807, 2.05) is 90.7 Å². The quantitative estimate of drug-likeness (QED) is 0.109. The van der Waals surface area contributed by atoms with E-state index in [4.69, 9.17) is 9.47 Å². The minimum Gasteiger partial charge on any atom is -0.461 e. The monoisotopic (exact) mass is 666 g/mol. The highest BCUT2D eigenvalue weighted by Gasteiger charge is 2.44. The maximum atomic E-state index is 14.2. The van der Waals surface area contributed by atoms with E-state index < -0.39 is 12.0 Å². The van der Waals surface area contributed by atoms with Gasteiger partial charge in [0.25, 0.3) is 0 Å². The second-order valence-electron chi connectivity index (χ2n) is 13.8. The van der Waals surface area contributed by atoms with Crippen LogP contribution in [0.1, 0.15) is 78.5 Å². The third kappa shape index (κ3) is 8.47. The lowest BCUT2D eigenvalue weighted by atomic mass is 9.76. The SMILES string of the molecule is C[C@H](CF)C1CCC(C(=O)N2CC[C@H](c3ccccc3)[C@H]2C(=O)Cc2ccc3[nH]c(C(=O)OCCCOCc4ccccc4)cc3c2)CC1. The number of fused-ring (bicyclic) bond motifs is 1. The molecule has 2 fully saturated rings. The summed E-state index contributed by atoms with van der Waals surface area (Å²) < 4.78 is 24.5. The van der Waals surface area contributed by atoms with Crippen molar-refractivity contribution in [3.8, 4) is 0 Å². The molecule has 0 bridgehead atoms. The zero-order valence-corrected chi connectivity index (χ0v) is 28.3. The molecule has 6 rings (SSSR count). The van der Waals surface area contributed by atoms with Crippen molar-refractivity contribution in [1.29, 1.82) is 0 Å². The lowest BCUT2D eigenvalue weighted by Gasteiger charge is -2.35. The Morgan fingerprint density at radius 1 is 0.878 bits per heavy atom. The van der Waals surface area contributed by atoms with E-state index in [2.05, 4.69) is 4.98 Å². The van der Waals surface area contributed by atoms with Crippen LogP contribution in [0.5, 0.6) is 0 Å². The standard InChI is InChI=1S/C41H47FN2O5/c1-28(26-42)31-14-16-33(17-15-31)40(46)44-20-19-35(32-11-6-3-7-12-32)39(44)38(45)24-30-13-18-36-34(23-30)25-37(43-36)41(47)49-22-8-21-48-27-29-9-4-2-5-10-29/h2-7,9-13,18,23,25,28,31,33,35,39,43H,8,14-17,19-22,24,26-27H2,1H3/t28-,31?,33?,35-,39+/m1/s1. The van der Waals surface area contributed by atoms with E-state index in [-0.39, 0.29) is 49.1 Å². The number of hydrogen-bond donors (Lipinski definition) is 1. The largest absolute Gasteiger partial charge is 0.461 e. The summed E-state index contributed by atoms with van der Waals surface area (Å²) in [5.41, 5.74) is 4.15. The Labute approximate surface area is 288 Å². The second-order valence-corrected chi connectivity index (χ2v) is 13.8. The summed E-state index contributed by atoms with van der Waals surface area (Å²) >= 11 is 0. The zero-order valence-electron chi connectivity index (χ0n) is 28.3. The van der Waals surface area contributed by atoms with Crippen LogP contribution < -0.4 is 0 Å². The minimum atomic E-state index is -0.540. The third-order valence-corrected chi connectivity index (χ3v) is 10.5. The number of nitrogens with zero attached hydrogens (tertiary/aromatic N) is 1. The Morgan fingerprint density at radius 2 is 1.61 bits per heavy atom. The minimum absolute atomic E-state index is 0.0171. The molecule has 1 aliphatic heterocycles. The van der Waals surface area contributed by atoms with Crippen LogP contribution in [0, 0.1) is 17.8 Å². The van der Waals surface area contributed by atoms with Crippen LogP contribution in [0.4, 0.5) is 4.39 Å². The van der Waals surface area contributed by atoms with Gasteiger partial charge < -0.3 is 19.4 Å². The van der Waals surface area contributed by atoms with Gasteiger partial charge in [0.15, 0.2) is 5.78 Å².